The number of benzene rings is 2. The first-order chi connectivity index (χ1) is 20.7. The summed E-state index contributed by atoms with van der Waals surface area (Å²) in [6.07, 6.45) is 3.85. The maximum atomic E-state index is 10.1. The number of hydrogen-bond acceptors (Lipinski definition) is 8. The number of aromatic nitrogens is 2. The Bertz CT molecular complexity index is 1640. The van der Waals surface area contributed by atoms with Crippen LogP contribution in [0, 0.1) is 29.6 Å². The van der Waals surface area contributed by atoms with E-state index in [0.717, 1.165) is 65.3 Å². The van der Waals surface area contributed by atoms with Crippen molar-refractivity contribution in [2.75, 3.05) is 43.9 Å². The minimum absolute atomic E-state index is 0.113. The van der Waals surface area contributed by atoms with Gasteiger partial charge in [-0.2, -0.15) is 10.5 Å². The van der Waals surface area contributed by atoms with Crippen LogP contribution < -0.4 is 10.6 Å². The number of nitrogens with zero attached hydrogens (tertiary/aromatic N) is 5. The molecule has 44 heavy (non-hydrogen) atoms. The molecule has 230 valence electrons. The van der Waals surface area contributed by atoms with E-state index in [1.165, 1.54) is 0 Å². The molecule has 3 aromatic rings. The zero-order valence-corrected chi connectivity index (χ0v) is 28.4. The Hall–Kier alpha value is -3.76. The van der Waals surface area contributed by atoms with E-state index in [4.69, 9.17) is 9.41 Å². The quantitative estimate of drug-likeness (QED) is 0.267. The number of aryl methyl sites for hydroxylation is 1. The van der Waals surface area contributed by atoms with Crippen molar-refractivity contribution in [3.8, 4) is 23.4 Å². The summed E-state index contributed by atoms with van der Waals surface area (Å²) in [6.45, 7) is 19.0. The Morgan fingerprint density at radius 3 is 2.48 bits per heavy atom. The van der Waals surface area contributed by atoms with Gasteiger partial charge in [-0.25, -0.2) is 9.97 Å². The van der Waals surface area contributed by atoms with Crippen LogP contribution in [-0.4, -0.2) is 56.5 Å². The van der Waals surface area contributed by atoms with Gasteiger partial charge in [-0.3, -0.25) is 0 Å². The number of nitrogens with one attached hydrogen (secondary N) is 2. The molecular formula is C35H45N7OSi. The van der Waals surface area contributed by atoms with Crippen molar-refractivity contribution in [2.45, 2.75) is 76.9 Å². The molecule has 0 unspecified atom stereocenters. The fraction of sp³-hybridized carbons (Fsp3) is 0.486. The van der Waals surface area contributed by atoms with E-state index in [1.807, 2.05) is 18.2 Å². The van der Waals surface area contributed by atoms with E-state index in [2.05, 4.69) is 99.5 Å². The Kier molecular flexibility index (Phi) is 8.61. The van der Waals surface area contributed by atoms with Crippen LogP contribution in [0.4, 0.5) is 17.3 Å². The molecule has 5 rings (SSSR count). The van der Waals surface area contributed by atoms with Gasteiger partial charge >= 0.3 is 0 Å². The van der Waals surface area contributed by atoms with Crippen molar-refractivity contribution < 1.29 is 4.43 Å². The molecule has 0 spiro atoms. The van der Waals surface area contributed by atoms with Crippen molar-refractivity contribution in [1.29, 1.82) is 10.5 Å². The monoisotopic (exact) mass is 607 g/mol. The number of piperidine rings is 1. The summed E-state index contributed by atoms with van der Waals surface area (Å²) in [6, 6.07) is 14.8. The Labute approximate surface area is 263 Å². The van der Waals surface area contributed by atoms with Crippen LogP contribution in [0.1, 0.15) is 74.3 Å². The highest BCUT2D eigenvalue weighted by Crippen LogP contribution is 2.44. The van der Waals surface area contributed by atoms with Crippen molar-refractivity contribution in [1.82, 2.24) is 14.9 Å². The number of rotatable bonds is 7. The van der Waals surface area contributed by atoms with Crippen LogP contribution in [0.15, 0.2) is 36.5 Å². The fourth-order valence-corrected chi connectivity index (χ4v) is 7.04. The summed E-state index contributed by atoms with van der Waals surface area (Å²) in [4.78, 5) is 11.7. The molecule has 2 aromatic carbocycles. The molecule has 0 aliphatic carbocycles. The highest BCUT2D eigenvalue weighted by Gasteiger charge is 2.42. The Morgan fingerprint density at radius 2 is 1.82 bits per heavy atom. The number of nitriles is 2. The first kappa shape index (κ1) is 31.7. The maximum Gasteiger partial charge on any atom is 0.227 e. The largest absolute Gasteiger partial charge is 0.416 e. The number of likely N-dealkylation sites (tertiary alicyclic amines) is 1. The minimum atomic E-state index is -1.96. The second-order valence-electron chi connectivity index (χ2n) is 14.4. The van der Waals surface area contributed by atoms with Crippen LogP contribution in [0.3, 0.4) is 0 Å². The minimum Gasteiger partial charge on any atom is -0.416 e. The molecule has 2 aliphatic rings. The highest BCUT2D eigenvalue weighted by atomic mass is 28.4. The van der Waals surface area contributed by atoms with E-state index in [1.54, 1.807) is 6.20 Å². The van der Waals surface area contributed by atoms with Gasteiger partial charge in [0.1, 0.15) is 6.07 Å². The van der Waals surface area contributed by atoms with E-state index in [0.29, 0.717) is 36.1 Å². The molecule has 9 heteroatoms. The SMILES string of the molecule is Cc1cc(C2CCN(C)CC2)c(C#N)cc1Nc1nccc(-c2cc(C#N)c3c(c2)[C@@](C)(CO[Si](C)(C)C(C)(C)C)CN3)n1. The van der Waals surface area contributed by atoms with Crippen LogP contribution in [0.2, 0.25) is 18.1 Å². The first-order valence-electron chi connectivity index (χ1n) is 15.5. The lowest BCUT2D eigenvalue weighted by Crippen LogP contribution is -2.45. The first-order valence-corrected chi connectivity index (χ1v) is 18.5. The summed E-state index contributed by atoms with van der Waals surface area (Å²) in [5, 5.41) is 27.1. The van der Waals surface area contributed by atoms with Crippen LogP contribution >= 0.6 is 0 Å². The molecular weight excluding hydrogens is 563 g/mol. The van der Waals surface area contributed by atoms with E-state index in [9.17, 15) is 10.5 Å². The van der Waals surface area contributed by atoms with Gasteiger partial charge in [0, 0.05) is 36.0 Å². The number of fused-ring (bicyclic) bond motifs is 1. The molecule has 0 radical (unpaired) electrons. The number of anilines is 3. The molecule has 0 amide bonds. The van der Waals surface area contributed by atoms with Crippen molar-refractivity contribution in [3.05, 3.63) is 64.3 Å². The van der Waals surface area contributed by atoms with Gasteiger partial charge < -0.3 is 20.0 Å². The molecule has 0 bridgehead atoms. The van der Waals surface area contributed by atoms with Crippen LogP contribution in [0.5, 0.6) is 0 Å². The summed E-state index contributed by atoms with van der Waals surface area (Å²) in [7, 11) is 0.194. The summed E-state index contributed by atoms with van der Waals surface area (Å²) in [5.74, 6) is 0.845. The number of hydrogen-bond donors (Lipinski definition) is 2. The lowest BCUT2D eigenvalue weighted by molar-refractivity contribution is 0.220. The third-order valence-corrected chi connectivity index (χ3v) is 14.5. The van der Waals surface area contributed by atoms with Crippen molar-refractivity contribution in [3.63, 3.8) is 0 Å². The summed E-state index contributed by atoms with van der Waals surface area (Å²) >= 11 is 0. The van der Waals surface area contributed by atoms with Gasteiger partial charge in [0.2, 0.25) is 5.95 Å². The van der Waals surface area contributed by atoms with Crippen molar-refractivity contribution >= 4 is 25.6 Å². The maximum absolute atomic E-state index is 10.1. The van der Waals surface area contributed by atoms with Gasteiger partial charge in [-0.15, -0.1) is 0 Å². The molecule has 2 N–H and O–H groups in total. The third-order valence-electron chi connectivity index (χ3n) is 10.00. The second-order valence-corrected chi connectivity index (χ2v) is 19.2. The molecule has 2 aliphatic heterocycles. The lowest BCUT2D eigenvalue weighted by atomic mass is 9.83. The van der Waals surface area contributed by atoms with E-state index in [-0.39, 0.29) is 10.5 Å². The predicted molar refractivity (Wildman–Crippen MR) is 180 cm³/mol. The van der Waals surface area contributed by atoms with Gasteiger partial charge in [-0.1, -0.05) is 33.8 Å². The topological polar surface area (TPSA) is 110 Å². The molecule has 3 heterocycles. The van der Waals surface area contributed by atoms with E-state index < -0.39 is 8.32 Å². The van der Waals surface area contributed by atoms with E-state index >= 15 is 0 Å². The standard InChI is InChI=1S/C35H45N7OSi/c1-23-15-28(24-10-13-42(6)14-11-24)26(19-36)18-31(23)41-33-38-12-9-30(40-33)25-16-27(20-37)32-29(17-25)35(5,21-39-32)22-43-44(7,8)34(2,3)4/h9,12,15-18,24,39H,10-11,13-14,21-22H2,1-8H3,(H,38,40,41)/t35-/m1/s1. The molecule has 1 atom stereocenters. The molecule has 8 nitrogen and oxygen atoms in total. The van der Waals surface area contributed by atoms with Gasteiger partial charge in [-0.05, 0) is 105 Å². The van der Waals surface area contributed by atoms with Crippen molar-refractivity contribution in [2.24, 2.45) is 0 Å². The summed E-state index contributed by atoms with van der Waals surface area (Å²) in [5.41, 5.74) is 7.58. The molecule has 1 fully saturated rings. The Morgan fingerprint density at radius 1 is 1.11 bits per heavy atom. The van der Waals surface area contributed by atoms with Gasteiger partial charge in [0.25, 0.3) is 0 Å². The van der Waals surface area contributed by atoms with Gasteiger partial charge in [0.15, 0.2) is 8.32 Å². The molecule has 1 saturated heterocycles. The normalized spacial score (nSPS) is 19.1. The average molecular weight is 608 g/mol. The van der Waals surface area contributed by atoms with Gasteiger partial charge in [0.05, 0.1) is 28.6 Å². The average Bonchev–Trinajstić information content (AvgIpc) is 3.33. The smallest absolute Gasteiger partial charge is 0.227 e. The predicted octanol–water partition coefficient (Wildman–Crippen LogP) is 7.45. The fourth-order valence-electron chi connectivity index (χ4n) is 5.93. The third kappa shape index (κ3) is 6.23. The molecule has 1 aromatic heterocycles. The zero-order valence-electron chi connectivity index (χ0n) is 27.4. The molecule has 0 saturated carbocycles. The zero-order chi connectivity index (χ0) is 31.9. The second kappa shape index (κ2) is 12.0. The Balaban J connectivity index is 1.43. The van der Waals surface area contributed by atoms with Crippen LogP contribution in [0.25, 0.3) is 11.3 Å². The van der Waals surface area contributed by atoms with Crippen LogP contribution in [-0.2, 0) is 9.84 Å². The highest BCUT2D eigenvalue weighted by molar-refractivity contribution is 6.74. The summed E-state index contributed by atoms with van der Waals surface area (Å²) < 4.78 is 6.68. The lowest BCUT2D eigenvalue weighted by Gasteiger charge is -2.39.